The summed E-state index contributed by atoms with van der Waals surface area (Å²) in [5.41, 5.74) is -1.14. The lowest BCUT2D eigenvalue weighted by atomic mass is 10.0. The molecule has 0 aliphatic carbocycles. The number of methoxy groups -OCH3 is 1. The van der Waals surface area contributed by atoms with Gasteiger partial charge in [0.05, 0.1) is 35.0 Å². The molecule has 0 unspecified atom stereocenters. The van der Waals surface area contributed by atoms with E-state index in [0.717, 1.165) is 12.1 Å². The first-order valence-corrected chi connectivity index (χ1v) is 7.46. The number of ketones is 1. The van der Waals surface area contributed by atoms with Gasteiger partial charge in [0.15, 0.2) is 5.78 Å². The number of rotatable bonds is 5. The smallest absolute Gasteiger partial charge is 0.417 e. The average molecular weight is 378 g/mol. The molecule has 0 spiro atoms. The molecule has 128 valence electrons. The first-order valence-electron chi connectivity index (χ1n) is 6.70. The number of anilines is 1. The van der Waals surface area contributed by atoms with Crippen molar-refractivity contribution in [2.24, 2.45) is 0 Å². The van der Waals surface area contributed by atoms with Gasteiger partial charge in [-0.15, -0.1) is 0 Å². The third-order valence-corrected chi connectivity index (χ3v) is 4.04. The van der Waals surface area contributed by atoms with Crippen molar-refractivity contribution in [2.75, 3.05) is 19.0 Å². The molecular weight excluding hydrogens is 366 g/mol. The van der Waals surface area contributed by atoms with E-state index in [1.807, 2.05) is 0 Å². The quantitative estimate of drug-likeness (QED) is 0.717. The summed E-state index contributed by atoms with van der Waals surface area (Å²) in [7, 11) is 1.25. The van der Waals surface area contributed by atoms with E-state index in [-0.39, 0.29) is 22.3 Å². The minimum Gasteiger partial charge on any atom is -0.497 e. The highest BCUT2D eigenvalue weighted by Crippen LogP contribution is 2.35. The van der Waals surface area contributed by atoms with E-state index in [9.17, 15) is 18.0 Å². The zero-order chi connectivity index (χ0) is 17.9. The topological polar surface area (TPSA) is 38.3 Å². The minimum absolute atomic E-state index is 0.0183. The van der Waals surface area contributed by atoms with Gasteiger partial charge in [-0.1, -0.05) is 29.3 Å². The number of halogens is 5. The Morgan fingerprint density at radius 1 is 1.21 bits per heavy atom. The van der Waals surface area contributed by atoms with Gasteiger partial charge in [0.1, 0.15) is 5.75 Å². The van der Waals surface area contributed by atoms with Gasteiger partial charge in [0, 0.05) is 5.56 Å². The molecule has 0 saturated heterocycles. The lowest BCUT2D eigenvalue weighted by molar-refractivity contribution is -0.138. The van der Waals surface area contributed by atoms with Gasteiger partial charge in [-0.05, 0) is 30.3 Å². The second-order valence-corrected chi connectivity index (χ2v) is 5.57. The molecule has 0 saturated carbocycles. The van der Waals surface area contributed by atoms with Gasteiger partial charge in [0.25, 0.3) is 0 Å². The summed E-state index contributed by atoms with van der Waals surface area (Å²) in [5.74, 6) is -0.717. The van der Waals surface area contributed by atoms with Crippen molar-refractivity contribution >= 4 is 34.7 Å². The van der Waals surface area contributed by atoms with Crippen molar-refractivity contribution in [3.63, 3.8) is 0 Å². The van der Waals surface area contributed by atoms with E-state index in [0.29, 0.717) is 5.69 Å². The van der Waals surface area contributed by atoms with Gasteiger partial charge in [-0.25, -0.2) is 0 Å². The molecule has 1 N–H and O–H groups in total. The predicted molar refractivity (Wildman–Crippen MR) is 87.3 cm³/mol. The Labute approximate surface area is 146 Å². The number of ether oxygens (including phenoxy) is 1. The van der Waals surface area contributed by atoms with Crippen LogP contribution in [0.5, 0.6) is 5.75 Å². The molecule has 0 aliphatic heterocycles. The maximum Gasteiger partial charge on any atom is 0.417 e. The van der Waals surface area contributed by atoms with Crippen LogP contribution in [0.3, 0.4) is 0 Å². The van der Waals surface area contributed by atoms with Crippen molar-refractivity contribution < 1.29 is 22.7 Å². The molecule has 0 fully saturated rings. The van der Waals surface area contributed by atoms with E-state index in [4.69, 9.17) is 27.9 Å². The summed E-state index contributed by atoms with van der Waals surface area (Å²) in [4.78, 5) is 12.2. The predicted octanol–water partition coefficient (Wildman–Crippen LogP) is 5.32. The third-order valence-electron chi connectivity index (χ3n) is 3.22. The van der Waals surface area contributed by atoms with Gasteiger partial charge in [-0.2, -0.15) is 13.2 Å². The Balaban J connectivity index is 2.25. The van der Waals surface area contributed by atoms with Crippen LogP contribution >= 0.6 is 23.2 Å². The summed E-state index contributed by atoms with van der Waals surface area (Å²) in [6, 6.07) is 7.91. The minimum atomic E-state index is -4.67. The lowest BCUT2D eigenvalue weighted by Gasteiger charge is -2.14. The largest absolute Gasteiger partial charge is 0.497 e. The van der Waals surface area contributed by atoms with Crippen molar-refractivity contribution in [1.82, 2.24) is 0 Å². The Kier molecular flexibility index (Phi) is 5.62. The summed E-state index contributed by atoms with van der Waals surface area (Å²) >= 11 is 11.8. The number of benzene rings is 2. The molecule has 0 atom stereocenters. The Morgan fingerprint density at radius 3 is 2.54 bits per heavy atom. The molecule has 0 amide bonds. The van der Waals surface area contributed by atoms with Crippen molar-refractivity contribution in [1.29, 1.82) is 0 Å². The zero-order valence-electron chi connectivity index (χ0n) is 12.4. The van der Waals surface area contributed by atoms with Gasteiger partial charge in [0.2, 0.25) is 0 Å². The molecule has 2 aromatic rings. The first kappa shape index (κ1) is 18.4. The van der Waals surface area contributed by atoms with Gasteiger partial charge >= 0.3 is 6.18 Å². The summed E-state index contributed by atoms with van der Waals surface area (Å²) in [6.45, 7) is -0.366. The normalized spacial score (nSPS) is 11.2. The molecule has 2 aromatic carbocycles. The monoisotopic (exact) mass is 377 g/mol. The highest BCUT2D eigenvalue weighted by molar-refractivity contribution is 6.43. The Bertz CT molecular complexity index is 763. The molecule has 2 rings (SSSR count). The van der Waals surface area contributed by atoms with Crippen molar-refractivity contribution in [3.8, 4) is 5.75 Å². The molecule has 24 heavy (non-hydrogen) atoms. The number of carbonyl (C=O) groups is 1. The molecular formula is C16H12Cl2F3NO2. The van der Waals surface area contributed by atoms with Crippen molar-refractivity contribution in [3.05, 3.63) is 57.6 Å². The van der Waals surface area contributed by atoms with Crippen LogP contribution in [0.4, 0.5) is 18.9 Å². The number of alkyl halides is 3. The number of Topliss-reactive ketones (excluding diaryl/α,β-unsaturated/α-hetero) is 1. The fourth-order valence-electron chi connectivity index (χ4n) is 2.04. The SMILES string of the molecule is COc1ccc(C(=O)CNc2cccc(Cl)c2Cl)c(C(F)(F)F)c1. The fraction of sp³-hybridized carbons (Fsp3) is 0.188. The lowest BCUT2D eigenvalue weighted by Crippen LogP contribution is -2.19. The highest BCUT2D eigenvalue weighted by Gasteiger charge is 2.35. The zero-order valence-corrected chi connectivity index (χ0v) is 13.9. The number of hydrogen-bond donors (Lipinski definition) is 1. The third kappa shape index (κ3) is 4.13. The number of nitrogens with one attached hydrogen (secondary N) is 1. The average Bonchev–Trinajstić information content (AvgIpc) is 2.54. The molecule has 0 aliphatic rings. The van der Waals surface area contributed by atoms with E-state index >= 15 is 0 Å². The summed E-state index contributed by atoms with van der Waals surface area (Å²) in [5, 5.41) is 3.16. The second kappa shape index (κ2) is 7.32. The van der Waals surface area contributed by atoms with Crippen LogP contribution in [0.2, 0.25) is 10.0 Å². The Hall–Kier alpha value is -1.92. The molecule has 3 nitrogen and oxygen atoms in total. The molecule has 0 aromatic heterocycles. The van der Waals surface area contributed by atoms with E-state index in [1.165, 1.54) is 13.2 Å². The van der Waals surface area contributed by atoms with Gasteiger partial charge < -0.3 is 10.1 Å². The maximum absolute atomic E-state index is 13.1. The fourth-order valence-corrected chi connectivity index (χ4v) is 2.41. The second-order valence-electron chi connectivity index (χ2n) is 4.79. The van der Waals surface area contributed by atoms with E-state index < -0.39 is 23.1 Å². The van der Waals surface area contributed by atoms with E-state index in [2.05, 4.69) is 5.32 Å². The molecule has 8 heteroatoms. The van der Waals surface area contributed by atoms with Crippen LogP contribution in [0.1, 0.15) is 15.9 Å². The van der Waals surface area contributed by atoms with Crippen LogP contribution in [0, 0.1) is 0 Å². The molecule has 0 bridgehead atoms. The first-order chi connectivity index (χ1) is 11.2. The number of carbonyl (C=O) groups excluding carboxylic acids is 1. The summed E-state index contributed by atoms with van der Waals surface area (Å²) < 4.78 is 44.2. The van der Waals surface area contributed by atoms with Crippen molar-refractivity contribution in [2.45, 2.75) is 6.18 Å². The van der Waals surface area contributed by atoms with Crippen LogP contribution in [0.25, 0.3) is 0 Å². The summed E-state index contributed by atoms with van der Waals surface area (Å²) in [6.07, 6.45) is -4.67. The van der Waals surface area contributed by atoms with Gasteiger partial charge in [-0.3, -0.25) is 4.79 Å². The standard InChI is InChI=1S/C16H12Cl2F3NO2/c1-24-9-5-6-10(11(7-9)16(19,20)21)14(23)8-22-13-4-2-3-12(17)15(13)18/h2-7,22H,8H2,1H3. The maximum atomic E-state index is 13.1. The highest BCUT2D eigenvalue weighted by atomic mass is 35.5. The van der Waals surface area contributed by atoms with Crippen LogP contribution in [-0.4, -0.2) is 19.4 Å². The molecule has 0 radical (unpaired) electrons. The van der Waals surface area contributed by atoms with Crippen LogP contribution in [-0.2, 0) is 6.18 Å². The van der Waals surface area contributed by atoms with E-state index in [1.54, 1.807) is 18.2 Å². The molecule has 0 heterocycles. The number of hydrogen-bond acceptors (Lipinski definition) is 3. The van der Waals surface area contributed by atoms with Crippen LogP contribution < -0.4 is 10.1 Å². The Morgan fingerprint density at radius 2 is 1.92 bits per heavy atom. The van der Waals surface area contributed by atoms with Crippen LogP contribution in [0.15, 0.2) is 36.4 Å².